The number of hydrogen-bond acceptors (Lipinski definition) is 2. The van der Waals surface area contributed by atoms with E-state index in [1.165, 1.54) is 77.0 Å². The molecule has 14 aromatic rings. The third kappa shape index (κ3) is 6.89. The van der Waals surface area contributed by atoms with Crippen LogP contribution in [0.3, 0.4) is 0 Å². The molecule has 0 atom stereocenters. The highest BCUT2D eigenvalue weighted by molar-refractivity contribution is 6.23. The van der Waals surface area contributed by atoms with Gasteiger partial charge in [0.05, 0.1) is 22.4 Å². The Kier molecular flexibility index (Phi) is 9.53. The molecule has 0 saturated heterocycles. The number of rotatable bonds is 8. The zero-order valence-electron chi connectivity index (χ0n) is 38.7. The summed E-state index contributed by atoms with van der Waals surface area (Å²) < 4.78 is 9.21. The van der Waals surface area contributed by atoms with Crippen LogP contribution in [0.25, 0.3) is 115 Å². The van der Waals surface area contributed by atoms with Crippen molar-refractivity contribution in [3.05, 3.63) is 267 Å². The molecule has 0 saturated carbocycles. The molecule has 0 aliphatic heterocycles. The summed E-state index contributed by atoms with van der Waals surface area (Å²) >= 11 is 0. The first-order valence-corrected chi connectivity index (χ1v) is 24.3. The average molecular weight is 905 g/mol. The van der Waals surface area contributed by atoms with E-state index in [1.807, 2.05) is 6.07 Å². The second kappa shape index (κ2) is 16.7. The molecule has 0 fully saturated rings. The van der Waals surface area contributed by atoms with Gasteiger partial charge >= 0.3 is 0 Å². The Morgan fingerprint density at radius 3 is 1.42 bits per heavy atom. The predicted molar refractivity (Wildman–Crippen MR) is 299 cm³/mol. The normalized spacial score (nSPS) is 11.7. The van der Waals surface area contributed by atoms with Gasteiger partial charge in [-0.2, -0.15) is 0 Å². The summed E-state index contributed by atoms with van der Waals surface area (Å²) in [6, 6.07) is 96.5. The summed E-state index contributed by atoms with van der Waals surface area (Å²) in [4.78, 5) is 2.34. The number of furan rings is 1. The molecule has 0 radical (unpaired) electrons. The van der Waals surface area contributed by atoms with Crippen LogP contribution in [0.1, 0.15) is 0 Å². The first kappa shape index (κ1) is 40.6. The Bertz CT molecular complexity index is 4290. The van der Waals surface area contributed by atoms with E-state index in [2.05, 4.69) is 270 Å². The number of aromatic nitrogens is 1. The number of nitrogens with zero attached hydrogens (tertiary/aromatic N) is 2. The van der Waals surface area contributed by atoms with E-state index in [9.17, 15) is 0 Å². The van der Waals surface area contributed by atoms with Gasteiger partial charge in [0.1, 0.15) is 5.58 Å². The molecule has 0 N–H and O–H groups in total. The first-order chi connectivity index (χ1) is 35.2. The highest BCUT2D eigenvalue weighted by Crippen LogP contribution is 2.46. The second-order valence-electron chi connectivity index (χ2n) is 18.5. The van der Waals surface area contributed by atoms with Gasteiger partial charge in [-0.1, -0.05) is 206 Å². The Labute approximate surface area is 411 Å². The maximum absolute atomic E-state index is 6.79. The molecule has 3 nitrogen and oxygen atoms in total. The van der Waals surface area contributed by atoms with Gasteiger partial charge in [-0.3, -0.25) is 0 Å². The SMILES string of the molecule is c1ccc(-c2ccc(N(c3ccc(-c4ccc(-c5ccc(-c6ccc7c(c6)c6ccccc6n7-c6cccc7ccccc67)cc5)cc4)cc3)c3cc4ccccc4c4c3oc3ccccc34)cc2)cc1. The second-order valence-corrected chi connectivity index (χ2v) is 18.5. The molecule has 14 rings (SSSR count). The van der Waals surface area contributed by atoms with E-state index in [0.29, 0.717) is 0 Å². The third-order valence-electron chi connectivity index (χ3n) is 14.4. The highest BCUT2D eigenvalue weighted by atomic mass is 16.3. The van der Waals surface area contributed by atoms with Crippen molar-refractivity contribution in [1.29, 1.82) is 0 Å². The smallest absolute Gasteiger partial charge is 0.160 e. The topological polar surface area (TPSA) is 21.3 Å². The maximum Gasteiger partial charge on any atom is 0.160 e. The molecule has 332 valence electrons. The van der Waals surface area contributed by atoms with E-state index in [-0.39, 0.29) is 0 Å². The van der Waals surface area contributed by atoms with Crippen molar-refractivity contribution in [2.24, 2.45) is 0 Å². The van der Waals surface area contributed by atoms with Crippen LogP contribution < -0.4 is 4.90 Å². The van der Waals surface area contributed by atoms with Crippen LogP contribution in [0.4, 0.5) is 17.1 Å². The van der Waals surface area contributed by atoms with E-state index in [1.54, 1.807) is 0 Å². The minimum absolute atomic E-state index is 0.867. The van der Waals surface area contributed by atoms with E-state index < -0.39 is 0 Å². The van der Waals surface area contributed by atoms with Crippen molar-refractivity contribution in [3.63, 3.8) is 0 Å². The molecule has 0 amide bonds. The summed E-state index contributed by atoms with van der Waals surface area (Å²) in [5.41, 5.74) is 17.9. The molecule has 71 heavy (non-hydrogen) atoms. The molecule has 0 spiro atoms. The molecule has 0 aliphatic rings. The fourth-order valence-corrected chi connectivity index (χ4v) is 10.9. The summed E-state index contributed by atoms with van der Waals surface area (Å²) in [6.07, 6.45) is 0. The molecular formula is C68H44N2O. The number of fused-ring (bicyclic) bond motifs is 9. The van der Waals surface area contributed by atoms with Crippen molar-refractivity contribution in [1.82, 2.24) is 4.57 Å². The average Bonchev–Trinajstić information content (AvgIpc) is 4.00. The quantitative estimate of drug-likeness (QED) is 0.151. The standard InChI is InChI=1S/C68H44N2O/c1-2-13-45(14-3-1)49-33-38-55(39-34-49)69(65-44-54-16-5-7-19-58(54)67-60-21-9-11-24-66(60)71-68(65)67)56-40-35-50(36-41-56)48-27-25-46(26-28-48)47-29-31-51(32-30-47)53-37-42-64-61(43-53)59-20-8-10-22-63(59)70(64)62-23-12-17-52-15-4-6-18-57(52)62/h1-44H. The van der Waals surface area contributed by atoms with Gasteiger partial charge in [0.25, 0.3) is 0 Å². The lowest BCUT2D eigenvalue weighted by molar-refractivity contribution is 0.669. The van der Waals surface area contributed by atoms with Crippen molar-refractivity contribution in [2.75, 3.05) is 4.90 Å². The van der Waals surface area contributed by atoms with Crippen molar-refractivity contribution in [3.8, 4) is 50.2 Å². The van der Waals surface area contributed by atoms with Gasteiger partial charge in [-0.15, -0.1) is 0 Å². The van der Waals surface area contributed by atoms with Crippen LogP contribution in [0.2, 0.25) is 0 Å². The molecule has 2 heterocycles. The number of para-hydroxylation sites is 2. The van der Waals surface area contributed by atoms with E-state index >= 15 is 0 Å². The van der Waals surface area contributed by atoms with Gasteiger partial charge in [0.15, 0.2) is 5.58 Å². The van der Waals surface area contributed by atoms with Crippen molar-refractivity contribution >= 4 is 82.4 Å². The zero-order valence-corrected chi connectivity index (χ0v) is 38.7. The lowest BCUT2D eigenvalue weighted by atomic mass is 9.97. The Hall–Kier alpha value is -9.44. The van der Waals surface area contributed by atoms with Gasteiger partial charge < -0.3 is 13.9 Å². The third-order valence-corrected chi connectivity index (χ3v) is 14.4. The lowest BCUT2D eigenvalue weighted by Crippen LogP contribution is -2.10. The van der Waals surface area contributed by atoms with Gasteiger partial charge in [0, 0.05) is 38.3 Å². The molecule has 12 aromatic carbocycles. The lowest BCUT2D eigenvalue weighted by Gasteiger charge is -2.26. The van der Waals surface area contributed by atoms with Crippen LogP contribution in [-0.4, -0.2) is 4.57 Å². The minimum atomic E-state index is 0.867. The molecule has 0 bridgehead atoms. The van der Waals surface area contributed by atoms with Gasteiger partial charge in [-0.05, 0) is 121 Å². The van der Waals surface area contributed by atoms with Crippen molar-refractivity contribution in [2.45, 2.75) is 0 Å². The zero-order chi connectivity index (χ0) is 46.8. The number of benzene rings is 12. The molecule has 3 heteroatoms. The largest absolute Gasteiger partial charge is 0.454 e. The van der Waals surface area contributed by atoms with Crippen LogP contribution in [0.15, 0.2) is 271 Å². The predicted octanol–water partition coefficient (Wildman–Crippen LogP) is 19.1. The summed E-state index contributed by atoms with van der Waals surface area (Å²) in [7, 11) is 0. The van der Waals surface area contributed by atoms with E-state index in [0.717, 1.165) is 55.5 Å². The fourth-order valence-electron chi connectivity index (χ4n) is 10.9. The first-order valence-electron chi connectivity index (χ1n) is 24.3. The Morgan fingerprint density at radius 1 is 0.296 bits per heavy atom. The van der Waals surface area contributed by atoms with Gasteiger partial charge in [0.2, 0.25) is 0 Å². The van der Waals surface area contributed by atoms with E-state index in [4.69, 9.17) is 4.42 Å². The molecule has 0 aliphatic carbocycles. The van der Waals surface area contributed by atoms with Crippen LogP contribution in [0, 0.1) is 0 Å². The Morgan fingerprint density at radius 2 is 0.761 bits per heavy atom. The summed E-state index contributed by atoms with van der Waals surface area (Å²) in [5.74, 6) is 0. The fraction of sp³-hybridized carbons (Fsp3) is 0. The minimum Gasteiger partial charge on any atom is -0.454 e. The van der Waals surface area contributed by atoms with Gasteiger partial charge in [-0.25, -0.2) is 0 Å². The van der Waals surface area contributed by atoms with Crippen LogP contribution in [0.5, 0.6) is 0 Å². The highest BCUT2D eigenvalue weighted by Gasteiger charge is 2.22. The number of anilines is 3. The van der Waals surface area contributed by atoms with Crippen LogP contribution >= 0.6 is 0 Å². The Balaban J connectivity index is 0.779. The number of hydrogen-bond donors (Lipinski definition) is 0. The molecule has 2 aromatic heterocycles. The molecule has 0 unspecified atom stereocenters. The van der Waals surface area contributed by atoms with Crippen molar-refractivity contribution < 1.29 is 4.42 Å². The monoisotopic (exact) mass is 904 g/mol. The maximum atomic E-state index is 6.79. The summed E-state index contributed by atoms with van der Waals surface area (Å²) in [5, 5.41) is 9.58. The summed E-state index contributed by atoms with van der Waals surface area (Å²) in [6.45, 7) is 0. The molecular weight excluding hydrogens is 861 g/mol. The van der Waals surface area contributed by atoms with Crippen LogP contribution in [-0.2, 0) is 0 Å².